The maximum Gasteiger partial charge on any atom is 0.338 e. The third-order valence-corrected chi connectivity index (χ3v) is 5.33. The van der Waals surface area contributed by atoms with Crippen molar-refractivity contribution < 1.29 is 19.4 Å². The van der Waals surface area contributed by atoms with Crippen molar-refractivity contribution in [3.05, 3.63) is 106 Å². The highest BCUT2D eigenvalue weighted by Crippen LogP contribution is 2.14. The quantitative estimate of drug-likeness (QED) is 0.231. The Hall–Kier alpha value is -3.24. The first-order chi connectivity index (χ1) is 15.9. The summed E-state index contributed by atoms with van der Waals surface area (Å²) in [6, 6.07) is 15.7. The topological polar surface area (TPSA) is 63.6 Å². The number of hydrogen-bond donors (Lipinski definition) is 1. The highest BCUT2D eigenvalue weighted by molar-refractivity contribution is 6.09. The number of ether oxygens (including phenoxy) is 1. The van der Waals surface area contributed by atoms with E-state index in [9.17, 15) is 9.59 Å². The molecule has 2 aromatic carbocycles. The molecule has 174 valence electrons. The van der Waals surface area contributed by atoms with Crippen molar-refractivity contribution in [3.8, 4) is 0 Å². The third-order valence-electron chi connectivity index (χ3n) is 5.33. The Balaban J connectivity index is 1.82. The SMILES string of the molecule is C/C(=C\CO)CC/C=C(\C)CC/C=C(\C)COC(=O)c1cccc(C(=O)c2ccccc2)c1. The Kier molecular flexibility index (Phi) is 11.1. The second kappa shape index (κ2) is 14.0. The average molecular weight is 447 g/mol. The first-order valence-electron chi connectivity index (χ1n) is 11.4. The fraction of sp³-hybridized carbons (Fsp3) is 0.310. The Labute approximate surface area is 197 Å². The lowest BCUT2D eigenvalue weighted by molar-refractivity contribution is 0.0539. The van der Waals surface area contributed by atoms with Gasteiger partial charge in [0.1, 0.15) is 6.61 Å². The van der Waals surface area contributed by atoms with Gasteiger partial charge in [-0.2, -0.15) is 0 Å². The Morgan fingerprint density at radius 3 is 2.00 bits per heavy atom. The van der Waals surface area contributed by atoms with Crippen LogP contribution in [0.3, 0.4) is 0 Å². The molecule has 0 fully saturated rings. The van der Waals surface area contributed by atoms with Gasteiger partial charge in [0.15, 0.2) is 5.78 Å². The number of aliphatic hydroxyl groups excluding tert-OH is 1. The summed E-state index contributed by atoms with van der Waals surface area (Å²) in [6.45, 7) is 6.43. The van der Waals surface area contributed by atoms with E-state index >= 15 is 0 Å². The van der Waals surface area contributed by atoms with Gasteiger partial charge in [0.25, 0.3) is 0 Å². The number of benzene rings is 2. The summed E-state index contributed by atoms with van der Waals surface area (Å²) in [5, 5.41) is 8.89. The molecule has 0 bridgehead atoms. The van der Waals surface area contributed by atoms with Crippen LogP contribution in [0.15, 0.2) is 89.5 Å². The zero-order valence-electron chi connectivity index (χ0n) is 19.8. The van der Waals surface area contributed by atoms with Gasteiger partial charge in [-0.05, 0) is 64.2 Å². The van der Waals surface area contributed by atoms with E-state index in [1.165, 1.54) is 11.1 Å². The van der Waals surface area contributed by atoms with E-state index in [0.29, 0.717) is 16.7 Å². The van der Waals surface area contributed by atoms with Crippen molar-refractivity contribution in [2.24, 2.45) is 0 Å². The van der Waals surface area contributed by atoms with E-state index in [-0.39, 0.29) is 19.0 Å². The zero-order chi connectivity index (χ0) is 24.1. The molecule has 0 saturated carbocycles. The summed E-state index contributed by atoms with van der Waals surface area (Å²) < 4.78 is 5.44. The minimum Gasteiger partial charge on any atom is -0.458 e. The number of hydrogen-bond acceptors (Lipinski definition) is 4. The molecule has 1 N–H and O–H groups in total. The molecule has 0 radical (unpaired) electrons. The first kappa shape index (κ1) is 26.0. The predicted molar refractivity (Wildman–Crippen MR) is 133 cm³/mol. The van der Waals surface area contributed by atoms with Gasteiger partial charge in [0.2, 0.25) is 0 Å². The lowest BCUT2D eigenvalue weighted by Gasteiger charge is -2.07. The third kappa shape index (κ3) is 9.42. The smallest absolute Gasteiger partial charge is 0.338 e. The van der Waals surface area contributed by atoms with Crippen LogP contribution in [0.1, 0.15) is 72.7 Å². The Bertz CT molecular complexity index is 1010. The summed E-state index contributed by atoms with van der Waals surface area (Å²) >= 11 is 0. The largest absolute Gasteiger partial charge is 0.458 e. The molecule has 0 amide bonds. The summed E-state index contributed by atoms with van der Waals surface area (Å²) in [6.07, 6.45) is 9.95. The van der Waals surface area contributed by atoms with E-state index in [0.717, 1.165) is 31.3 Å². The highest BCUT2D eigenvalue weighted by atomic mass is 16.5. The summed E-state index contributed by atoms with van der Waals surface area (Å²) in [7, 11) is 0. The molecule has 0 saturated heterocycles. The molecule has 0 aliphatic rings. The number of esters is 1. The molecule has 33 heavy (non-hydrogen) atoms. The fourth-order valence-electron chi connectivity index (χ4n) is 3.32. The van der Waals surface area contributed by atoms with Gasteiger partial charge in [-0.15, -0.1) is 0 Å². The minimum atomic E-state index is -0.437. The molecule has 0 heterocycles. The molecule has 4 nitrogen and oxygen atoms in total. The van der Waals surface area contributed by atoms with Gasteiger partial charge in [-0.1, -0.05) is 71.8 Å². The second-order valence-corrected chi connectivity index (χ2v) is 8.26. The van der Waals surface area contributed by atoms with E-state index in [1.54, 1.807) is 36.4 Å². The molecule has 2 rings (SSSR count). The number of rotatable bonds is 12. The van der Waals surface area contributed by atoms with Crippen LogP contribution in [0, 0.1) is 0 Å². The van der Waals surface area contributed by atoms with Gasteiger partial charge >= 0.3 is 5.97 Å². The van der Waals surface area contributed by atoms with Crippen LogP contribution in [-0.4, -0.2) is 30.1 Å². The molecule has 0 unspecified atom stereocenters. The van der Waals surface area contributed by atoms with Crippen LogP contribution in [-0.2, 0) is 4.74 Å². The van der Waals surface area contributed by atoms with Crippen LogP contribution >= 0.6 is 0 Å². The number of carbonyl (C=O) groups excluding carboxylic acids is 2. The van der Waals surface area contributed by atoms with E-state index < -0.39 is 5.97 Å². The summed E-state index contributed by atoms with van der Waals surface area (Å²) in [5.74, 6) is -0.558. The Morgan fingerprint density at radius 1 is 0.758 bits per heavy atom. The molecular formula is C29H34O4. The highest BCUT2D eigenvalue weighted by Gasteiger charge is 2.13. The molecule has 0 aromatic heterocycles. The number of aliphatic hydroxyl groups is 1. The van der Waals surface area contributed by atoms with Crippen LogP contribution in [0.5, 0.6) is 0 Å². The van der Waals surface area contributed by atoms with Crippen molar-refractivity contribution in [2.45, 2.75) is 46.5 Å². The normalized spacial score (nSPS) is 12.5. The van der Waals surface area contributed by atoms with Crippen molar-refractivity contribution in [3.63, 3.8) is 0 Å². The standard InChI is InChI=1S/C29H34O4/c1-22(10-7-12-23(2)18-19-30)11-8-13-24(3)21-33-29(32)27-17-9-16-26(20-27)28(31)25-14-5-4-6-15-25/h4-6,9-10,13-18,20,30H,7-8,11-12,19,21H2,1-3H3/b22-10+,23-18+,24-13+. The molecule has 0 spiro atoms. The number of allylic oxidation sites excluding steroid dienone is 4. The minimum absolute atomic E-state index is 0.0976. The maximum absolute atomic E-state index is 12.6. The van der Waals surface area contributed by atoms with E-state index in [2.05, 4.69) is 19.1 Å². The first-order valence-corrected chi connectivity index (χ1v) is 11.4. The van der Waals surface area contributed by atoms with E-state index in [1.807, 2.05) is 38.1 Å². The fourth-order valence-corrected chi connectivity index (χ4v) is 3.32. The van der Waals surface area contributed by atoms with Gasteiger partial charge < -0.3 is 9.84 Å². The van der Waals surface area contributed by atoms with Crippen molar-refractivity contribution in [2.75, 3.05) is 13.2 Å². The summed E-state index contributed by atoms with van der Waals surface area (Å²) in [5.41, 5.74) is 4.94. The van der Waals surface area contributed by atoms with Crippen LogP contribution < -0.4 is 0 Å². The Morgan fingerprint density at radius 2 is 1.33 bits per heavy atom. The van der Waals surface area contributed by atoms with Gasteiger partial charge in [-0.25, -0.2) is 4.79 Å². The zero-order valence-corrected chi connectivity index (χ0v) is 19.8. The van der Waals surface area contributed by atoms with Crippen LogP contribution in [0.2, 0.25) is 0 Å². The van der Waals surface area contributed by atoms with Crippen LogP contribution in [0.4, 0.5) is 0 Å². The maximum atomic E-state index is 12.6. The van der Waals surface area contributed by atoms with Crippen molar-refractivity contribution >= 4 is 11.8 Å². The second-order valence-electron chi connectivity index (χ2n) is 8.26. The summed E-state index contributed by atoms with van der Waals surface area (Å²) in [4.78, 5) is 25.1. The number of carbonyl (C=O) groups is 2. The molecular weight excluding hydrogens is 412 g/mol. The lowest BCUT2D eigenvalue weighted by atomic mass is 10.0. The van der Waals surface area contributed by atoms with Gasteiger partial charge in [0, 0.05) is 11.1 Å². The lowest BCUT2D eigenvalue weighted by Crippen LogP contribution is -2.09. The molecule has 4 heteroatoms. The van der Waals surface area contributed by atoms with Crippen molar-refractivity contribution in [1.29, 1.82) is 0 Å². The van der Waals surface area contributed by atoms with Gasteiger partial charge in [-0.3, -0.25) is 4.79 Å². The molecule has 0 atom stereocenters. The monoisotopic (exact) mass is 446 g/mol. The molecule has 0 aliphatic heterocycles. The number of ketones is 1. The molecule has 0 aliphatic carbocycles. The predicted octanol–water partition coefficient (Wildman–Crippen LogP) is 6.47. The van der Waals surface area contributed by atoms with Gasteiger partial charge in [0.05, 0.1) is 12.2 Å². The van der Waals surface area contributed by atoms with Crippen molar-refractivity contribution in [1.82, 2.24) is 0 Å². The average Bonchev–Trinajstić information content (AvgIpc) is 2.83. The van der Waals surface area contributed by atoms with Crippen LogP contribution in [0.25, 0.3) is 0 Å². The van der Waals surface area contributed by atoms with E-state index in [4.69, 9.17) is 9.84 Å². The molecule has 2 aromatic rings.